The third-order valence-electron chi connectivity index (χ3n) is 4.74. The summed E-state index contributed by atoms with van der Waals surface area (Å²) < 4.78 is 12.1. The van der Waals surface area contributed by atoms with Crippen molar-refractivity contribution in [3.8, 4) is 11.5 Å². The van der Waals surface area contributed by atoms with E-state index in [0.29, 0.717) is 6.04 Å². The predicted octanol–water partition coefficient (Wildman–Crippen LogP) is 5.18. The van der Waals surface area contributed by atoms with Crippen molar-refractivity contribution in [1.82, 2.24) is 4.90 Å². The van der Waals surface area contributed by atoms with Crippen molar-refractivity contribution in [2.45, 2.75) is 23.8 Å². The van der Waals surface area contributed by atoms with Crippen molar-refractivity contribution < 1.29 is 9.47 Å². The zero-order valence-corrected chi connectivity index (χ0v) is 17.3. The van der Waals surface area contributed by atoms with Gasteiger partial charge in [0.25, 0.3) is 0 Å². The molecule has 2 aromatic carbocycles. The molecule has 0 aromatic heterocycles. The lowest BCUT2D eigenvalue weighted by Crippen LogP contribution is -2.32. The minimum absolute atomic E-state index is 0.423. The molecule has 0 fully saturated rings. The molecule has 0 N–H and O–H groups in total. The molecule has 1 atom stereocenters. The van der Waals surface area contributed by atoms with Gasteiger partial charge in [0.05, 0.1) is 14.2 Å². The largest absolute Gasteiger partial charge is 0.493 e. The van der Waals surface area contributed by atoms with Crippen LogP contribution in [0.1, 0.15) is 23.6 Å². The van der Waals surface area contributed by atoms with Crippen LogP contribution in [0.15, 0.2) is 45.8 Å². The maximum Gasteiger partial charge on any atom is 0.161 e. The lowest BCUT2D eigenvalue weighted by molar-refractivity contribution is 0.225. The van der Waals surface area contributed by atoms with Crippen LogP contribution >= 0.6 is 27.7 Å². The Balaban J connectivity index is 1.74. The number of likely N-dealkylation sites (N-methyl/N-ethyl adjacent to an activating group) is 1. The van der Waals surface area contributed by atoms with Crippen LogP contribution in [0.4, 0.5) is 0 Å². The molecule has 2 aromatic rings. The molecule has 1 heterocycles. The number of ether oxygens (including phenoxy) is 2. The first-order valence-electron chi connectivity index (χ1n) is 8.45. The summed E-state index contributed by atoms with van der Waals surface area (Å²) >= 11 is 5.40. The molecular weight excluding hydrogens is 398 g/mol. The molecule has 5 heteroatoms. The van der Waals surface area contributed by atoms with E-state index in [9.17, 15) is 0 Å². The molecule has 25 heavy (non-hydrogen) atoms. The second kappa shape index (κ2) is 8.47. The van der Waals surface area contributed by atoms with Crippen LogP contribution in [0.3, 0.4) is 0 Å². The number of hydrogen-bond donors (Lipinski definition) is 0. The van der Waals surface area contributed by atoms with E-state index in [1.807, 2.05) is 11.8 Å². The van der Waals surface area contributed by atoms with E-state index in [-0.39, 0.29) is 0 Å². The molecule has 0 radical (unpaired) electrons. The van der Waals surface area contributed by atoms with Crippen LogP contribution in [0.5, 0.6) is 11.5 Å². The number of methoxy groups -OCH3 is 2. The highest BCUT2D eigenvalue weighted by molar-refractivity contribution is 9.10. The van der Waals surface area contributed by atoms with E-state index in [0.717, 1.165) is 41.1 Å². The van der Waals surface area contributed by atoms with Crippen molar-refractivity contribution in [2.75, 3.05) is 33.6 Å². The lowest BCUT2D eigenvalue weighted by Gasteiger charge is -2.35. The van der Waals surface area contributed by atoms with Gasteiger partial charge in [-0.15, -0.1) is 11.8 Å². The quantitative estimate of drug-likeness (QED) is 0.599. The fourth-order valence-electron chi connectivity index (χ4n) is 3.35. The molecule has 1 unspecified atom stereocenters. The van der Waals surface area contributed by atoms with Gasteiger partial charge in [0.15, 0.2) is 11.5 Å². The van der Waals surface area contributed by atoms with E-state index < -0.39 is 0 Å². The van der Waals surface area contributed by atoms with Gasteiger partial charge in [0.1, 0.15) is 0 Å². The van der Waals surface area contributed by atoms with Crippen molar-refractivity contribution in [3.05, 3.63) is 52.0 Å². The van der Waals surface area contributed by atoms with Gasteiger partial charge >= 0.3 is 0 Å². The standard InChI is InChI=1S/C20H24BrNO2S/c1-22-10-8-14-12-19(23-2)20(24-3)13-17(14)18(22)9-11-25-16-6-4-15(21)5-7-16/h4-7,12-13,18H,8-11H2,1-3H3. The van der Waals surface area contributed by atoms with Gasteiger partial charge in [-0.05, 0) is 73.2 Å². The zero-order chi connectivity index (χ0) is 17.8. The molecule has 0 amide bonds. The van der Waals surface area contributed by atoms with Crippen LogP contribution in [-0.2, 0) is 6.42 Å². The summed E-state index contributed by atoms with van der Waals surface area (Å²) in [5.74, 6) is 2.74. The summed E-state index contributed by atoms with van der Waals surface area (Å²) in [7, 11) is 5.62. The predicted molar refractivity (Wildman–Crippen MR) is 108 cm³/mol. The summed E-state index contributed by atoms with van der Waals surface area (Å²) in [6, 6.07) is 13.3. The van der Waals surface area contributed by atoms with E-state index >= 15 is 0 Å². The monoisotopic (exact) mass is 421 g/mol. The van der Waals surface area contributed by atoms with Crippen LogP contribution in [-0.4, -0.2) is 38.5 Å². The molecular formula is C20H24BrNO2S. The first-order valence-corrected chi connectivity index (χ1v) is 10.2. The molecule has 0 bridgehead atoms. The van der Waals surface area contributed by atoms with E-state index in [1.54, 1.807) is 14.2 Å². The summed E-state index contributed by atoms with van der Waals surface area (Å²) in [5.41, 5.74) is 2.76. The molecule has 1 aliphatic rings. The SMILES string of the molecule is COc1cc2c(cc1OC)C(CCSc1ccc(Br)cc1)N(C)CC2. The van der Waals surface area contributed by atoms with Gasteiger partial charge in [-0.1, -0.05) is 15.9 Å². The Labute approximate surface area is 162 Å². The van der Waals surface area contributed by atoms with Crippen LogP contribution in [0, 0.1) is 0 Å². The fraction of sp³-hybridized carbons (Fsp3) is 0.400. The van der Waals surface area contributed by atoms with E-state index in [2.05, 4.69) is 64.3 Å². The minimum atomic E-state index is 0.423. The number of hydrogen-bond acceptors (Lipinski definition) is 4. The third-order valence-corrected chi connectivity index (χ3v) is 6.32. The minimum Gasteiger partial charge on any atom is -0.493 e. The Hall–Kier alpha value is -1.17. The summed E-state index contributed by atoms with van der Waals surface area (Å²) in [4.78, 5) is 3.77. The Kier molecular flexibility index (Phi) is 6.31. The van der Waals surface area contributed by atoms with Gasteiger partial charge < -0.3 is 9.47 Å². The van der Waals surface area contributed by atoms with Crippen molar-refractivity contribution in [1.29, 1.82) is 0 Å². The normalized spacial score (nSPS) is 17.2. The number of rotatable bonds is 6. The summed E-state index contributed by atoms with van der Waals surface area (Å²) in [6.45, 7) is 1.08. The topological polar surface area (TPSA) is 21.7 Å². The van der Waals surface area contributed by atoms with Crippen LogP contribution in [0.2, 0.25) is 0 Å². The smallest absolute Gasteiger partial charge is 0.161 e. The number of thioether (sulfide) groups is 1. The van der Waals surface area contributed by atoms with E-state index in [4.69, 9.17) is 9.47 Å². The first-order chi connectivity index (χ1) is 12.1. The Morgan fingerprint density at radius 2 is 1.80 bits per heavy atom. The highest BCUT2D eigenvalue weighted by atomic mass is 79.9. The fourth-order valence-corrected chi connectivity index (χ4v) is 4.52. The number of fused-ring (bicyclic) bond motifs is 1. The lowest BCUT2D eigenvalue weighted by atomic mass is 9.91. The van der Waals surface area contributed by atoms with Crippen molar-refractivity contribution >= 4 is 27.7 Å². The Morgan fingerprint density at radius 3 is 2.48 bits per heavy atom. The summed E-state index contributed by atoms with van der Waals surface area (Å²) in [6.07, 6.45) is 2.17. The molecule has 0 saturated heterocycles. The van der Waals surface area contributed by atoms with Gasteiger partial charge in [-0.2, -0.15) is 0 Å². The first kappa shape index (κ1) is 18.6. The van der Waals surface area contributed by atoms with Crippen molar-refractivity contribution in [2.24, 2.45) is 0 Å². The Bertz CT molecular complexity index is 720. The molecule has 3 nitrogen and oxygen atoms in total. The second-order valence-electron chi connectivity index (χ2n) is 6.24. The second-order valence-corrected chi connectivity index (χ2v) is 8.33. The van der Waals surface area contributed by atoms with Crippen molar-refractivity contribution in [3.63, 3.8) is 0 Å². The molecule has 1 aliphatic heterocycles. The summed E-state index contributed by atoms with van der Waals surface area (Å²) in [5, 5.41) is 0. The number of halogens is 1. The maximum absolute atomic E-state index is 5.52. The maximum atomic E-state index is 5.52. The van der Waals surface area contributed by atoms with E-state index in [1.165, 1.54) is 16.0 Å². The van der Waals surface area contributed by atoms with Gasteiger partial charge in [0, 0.05) is 22.0 Å². The average molecular weight is 422 g/mol. The highest BCUT2D eigenvalue weighted by Gasteiger charge is 2.26. The van der Waals surface area contributed by atoms with Gasteiger partial charge in [-0.3, -0.25) is 4.90 Å². The van der Waals surface area contributed by atoms with Gasteiger partial charge in [-0.25, -0.2) is 0 Å². The third kappa shape index (κ3) is 4.33. The van der Waals surface area contributed by atoms with Crippen LogP contribution < -0.4 is 9.47 Å². The molecule has 0 aliphatic carbocycles. The van der Waals surface area contributed by atoms with Crippen LogP contribution in [0.25, 0.3) is 0 Å². The highest BCUT2D eigenvalue weighted by Crippen LogP contribution is 2.39. The number of nitrogens with zero attached hydrogens (tertiary/aromatic N) is 1. The average Bonchev–Trinajstić information content (AvgIpc) is 2.64. The Morgan fingerprint density at radius 1 is 1.12 bits per heavy atom. The molecule has 134 valence electrons. The zero-order valence-electron chi connectivity index (χ0n) is 14.9. The molecule has 0 saturated carbocycles. The molecule has 0 spiro atoms. The molecule has 3 rings (SSSR count). The van der Waals surface area contributed by atoms with Gasteiger partial charge in [0.2, 0.25) is 0 Å². The number of benzene rings is 2.